The minimum Gasteiger partial charge on any atom is -0.456 e. The lowest BCUT2D eigenvalue weighted by atomic mass is 10.1. The lowest BCUT2D eigenvalue weighted by molar-refractivity contribution is -0.120. The third-order valence-electron chi connectivity index (χ3n) is 4.74. The first-order valence-electron chi connectivity index (χ1n) is 8.95. The van der Waals surface area contributed by atoms with Crippen LogP contribution in [0.1, 0.15) is 6.42 Å². The number of para-hydroxylation sites is 2. The first kappa shape index (κ1) is 16.9. The van der Waals surface area contributed by atoms with E-state index in [9.17, 15) is 9.59 Å². The highest BCUT2D eigenvalue weighted by molar-refractivity contribution is 8.01. The molecule has 1 aromatic heterocycles. The molecule has 0 aliphatic carbocycles. The summed E-state index contributed by atoms with van der Waals surface area (Å²) < 4.78 is 5.81. The lowest BCUT2D eigenvalue weighted by Gasteiger charge is -2.23. The van der Waals surface area contributed by atoms with Crippen LogP contribution in [0.3, 0.4) is 0 Å². The Hall–Kier alpha value is -3.25. The Bertz CT molecular complexity index is 1230. The molecule has 3 aromatic carbocycles. The molecule has 6 heteroatoms. The van der Waals surface area contributed by atoms with Gasteiger partial charge in [-0.1, -0.05) is 30.3 Å². The molecule has 1 aliphatic heterocycles. The SMILES string of the molecule is O=C(C[C@H]1Sc2ccccc2NC1=O)Nc1ccc2oc3ccccc3c2c1. The summed E-state index contributed by atoms with van der Waals surface area (Å²) in [5, 5.41) is 7.28. The van der Waals surface area contributed by atoms with Crippen LogP contribution in [0.4, 0.5) is 11.4 Å². The predicted octanol–water partition coefficient (Wildman–Crippen LogP) is 5.03. The van der Waals surface area contributed by atoms with Gasteiger partial charge in [-0.25, -0.2) is 0 Å². The molecule has 0 radical (unpaired) electrons. The average Bonchev–Trinajstić information content (AvgIpc) is 3.06. The number of carbonyl (C=O) groups excluding carboxylic acids is 2. The van der Waals surface area contributed by atoms with Crippen LogP contribution in [0, 0.1) is 0 Å². The van der Waals surface area contributed by atoms with Gasteiger partial charge < -0.3 is 15.1 Å². The number of benzene rings is 3. The largest absolute Gasteiger partial charge is 0.456 e. The summed E-state index contributed by atoms with van der Waals surface area (Å²) in [6, 6.07) is 21.0. The first-order valence-corrected chi connectivity index (χ1v) is 9.83. The zero-order valence-corrected chi connectivity index (χ0v) is 15.6. The number of furan rings is 1. The van der Waals surface area contributed by atoms with Crippen molar-refractivity contribution >= 4 is 56.9 Å². The Balaban J connectivity index is 1.34. The standard InChI is InChI=1S/C22H16N2O3S/c25-21(12-20-22(26)24-16-6-2-4-8-19(16)28-20)23-13-9-10-18-15(11-13)14-5-1-3-7-17(14)27-18/h1-11,20H,12H2,(H,23,25)(H,24,26)/t20-/m1/s1. The van der Waals surface area contributed by atoms with Crippen LogP contribution in [0.15, 0.2) is 76.0 Å². The van der Waals surface area contributed by atoms with Crippen LogP contribution in [0.5, 0.6) is 0 Å². The van der Waals surface area contributed by atoms with Crippen LogP contribution in [-0.4, -0.2) is 17.1 Å². The summed E-state index contributed by atoms with van der Waals surface area (Å²) in [4.78, 5) is 25.8. The normalized spacial score (nSPS) is 16.0. The maximum Gasteiger partial charge on any atom is 0.238 e. The van der Waals surface area contributed by atoms with Gasteiger partial charge in [0.25, 0.3) is 0 Å². The third kappa shape index (κ3) is 3.01. The molecule has 1 atom stereocenters. The van der Waals surface area contributed by atoms with E-state index in [1.165, 1.54) is 11.8 Å². The van der Waals surface area contributed by atoms with Crippen molar-refractivity contribution in [3.63, 3.8) is 0 Å². The summed E-state index contributed by atoms with van der Waals surface area (Å²) in [6.45, 7) is 0. The van der Waals surface area contributed by atoms with E-state index in [0.29, 0.717) is 5.69 Å². The van der Waals surface area contributed by atoms with Gasteiger partial charge in [-0.2, -0.15) is 0 Å². The fourth-order valence-electron chi connectivity index (χ4n) is 3.41. The summed E-state index contributed by atoms with van der Waals surface area (Å²) in [6.07, 6.45) is 0.106. The minimum atomic E-state index is -0.451. The topological polar surface area (TPSA) is 71.3 Å². The van der Waals surface area contributed by atoms with Gasteiger partial charge in [-0.15, -0.1) is 11.8 Å². The highest BCUT2D eigenvalue weighted by Gasteiger charge is 2.28. The molecule has 2 heterocycles. The van der Waals surface area contributed by atoms with Crippen LogP contribution in [-0.2, 0) is 9.59 Å². The van der Waals surface area contributed by atoms with Crippen molar-refractivity contribution in [2.45, 2.75) is 16.6 Å². The van der Waals surface area contributed by atoms with Gasteiger partial charge in [0.05, 0.1) is 10.9 Å². The molecule has 0 spiro atoms. The number of carbonyl (C=O) groups is 2. The van der Waals surface area contributed by atoms with E-state index < -0.39 is 5.25 Å². The number of thioether (sulfide) groups is 1. The van der Waals surface area contributed by atoms with Gasteiger partial charge in [-0.3, -0.25) is 9.59 Å². The van der Waals surface area contributed by atoms with E-state index in [2.05, 4.69) is 10.6 Å². The second-order valence-electron chi connectivity index (χ2n) is 6.65. The van der Waals surface area contributed by atoms with Gasteiger partial charge in [0, 0.05) is 27.8 Å². The van der Waals surface area contributed by atoms with Crippen molar-refractivity contribution < 1.29 is 14.0 Å². The number of fused-ring (bicyclic) bond motifs is 4. The maximum absolute atomic E-state index is 12.5. The molecule has 0 bridgehead atoms. The molecular weight excluding hydrogens is 372 g/mol. The van der Waals surface area contributed by atoms with Crippen LogP contribution in [0.2, 0.25) is 0 Å². The molecule has 0 unspecified atom stereocenters. The van der Waals surface area contributed by atoms with E-state index in [4.69, 9.17) is 4.42 Å². The van der Waals surface area contributed by atoms with Gasteiger partial charge >= 0.3 is 0 Å². The zero-order valence-electron chi connectivity index (χ0n) is 14.8. The van der Waals surface area contributed by atoms with Crippen LogP contribution >= 0.6 is 11.8 Å². The number of hydrogen-bond acceptors (Lipinski definition) is 4. The lowest BCUT2D eigenvalue weighted by Crippen LogP contribution is -2.32. The van der Waals surface area contributed by atoms with E-state index >= 15 is 0 Å². The van der Waals surface area contributed by atoms with Gasteiger partial charge in [0.15, 0.2) is 0 Å². The highest BCUT2D eigenvalue weighted by atomic mass is 32.2. The van der Waals surface area contributed by atoms with Gasteiger partial charge in [0.1, 0.15) is 11.2 Å². The summed E-state index contributed by atoms with van der Waals surface area (Å²) in [5.74, 6) is -0.339. The molecular formula is C22H16N2O3S. The van der Waals surface area contributed by atoms with E-state index in [1.807, 2.05) is 66.7 Å². The molecule has 28 heavy (non-hydrogen) atoms. The van der Waals surface area contributed by atoms with Crippen LogP contribution < -0.4 is 10.6 Å². The molecule has 5 nitrogen and oxygen atoms in total. The monoisotopic (exact) mass is 388 g/mol. The fraction of sp³-hybridized carbons (Fsp3) is 0.0909. The number of nitrogens with one attached hydrogen (secondary N) is 2. The quantitative estimate of drug-likeness (QED) is 0.516. The van der Waals surface area contributed by atoms with E-state index in [-0.39, 0.29) is 18.2 Å². The molecule has 138 valence electrons. The molecule has 2 N–H and O–H groups in total. The van der Waals surface area contributed by atoms with Crippen molar-refractivity contribution in [2.75, 3.05) is 10.6 Å². The smallest absolute Gasteiger partial charge is 0.238 e. The Morgan fingerprint density at radius 2 is 1.79 bits per heavy atom. The maximum atomic E-state index is 12.5. The van der Waals surface area contributed by atoms with Crippen LogP contribution in [0.25, 0.3) is 21.9 Å². The van der Waals surface area contributed by atoms with Crippen molar-refractivity contribution in [3.05, 3.63) is 66.7 Å². The molecule has 0 saturated carbocycles. The molecule has 0 saturated heterocycles. The van der Waals surface area contributed by atoms with Gasteiger partial charge in [-0.05, 0) is 36.4 Å². The molecule has 4 aromatic rings. The number of rotatable bonds is 3. The number of anilines is 2. The second-order valence-corrected chi connectivity index (χ2v) is 7.90. The van der Waals surface area contributed by atoms with Gasteiger partial charge in [0.2, 0.25) is 11.8 Å². The molecule has 0 fully saturated rings. The van der Waals surface area contributed by atoms with Crippen molar-refractivity contribution in [1.29, 1.82) is 0 Å². The third-order valence-corrected chi connectivity index (χ3v) is 6.01. The Morgan fingerprint density at radius 1 is 1.00 bits per heavy atom. The second kappa shape index (κ2) is 6.73. The van der Waals surface area contributed by atoms with Crippen molar-refractivity contribution in [1.82, 2.24) is 0 Å². The molecule has 2 amide bonds. The molecule has 5 rings (SSSR count). The highest BCUT2D eigenvalue weighted by Crippen LogP contribution is 2.37. The zero-order chi connectivity index (χ0) is 19.1. The van der Waals surface area contributed by atoms with E-state index in [0.717, 1.165) is 32.5 Å². The Labute approximate surface area is 165 Å². The number of amides is 2. The number of hydrogen-bond donors (Lipinski definition) is 2. The Kier molecular flexibility index (Phi) is 4.06. The molecule has 1 aliphatic rings. The summed E-state index contributed by atoms with van der Waals surface area (Å²) in [5.41, 5.74) is 3.07. The fourth-order valence-corrected chi connectivity index (χ4v) is 4.52. The average molecular weight is 388 g/mol. The summed E-state index contributed by atoms with van der Waals surface area (Å²) in [7, 11) is 0. The van der Waals surface area contributed by atoms with Crippen molar-refractivity contribution in [2.24, 2.45) is 0 Å². The summed E-state index contributed by atoms with van der Waals surface area (Å²) >= 11 is 1.42. The first-order chi connectivity index (χ1) is 13.7. The van der Waals surface area contributed by atoms with Crippen molar-refractivity contribution in [3.8, 4) is 0 Å². The Morgan fingerprint density at radius 3 is 2.71 bits per heavy atom. The predicted molar refractivity (Wildman–Crippen MR) is 112 cm³/mol. The van der Waals surface area contributed by atoms with E-state index in [1.54, 1.807) is 0 Å². The minimum absolute atomic E-state index is 0.106.